The van der Waals surface area contributed by atoms with Gasteiger partial charge in [0, 0.05) is 108 Å². The molecule has 479 valence electrons. The van der Waals surface area contributed by atoms with Crippen molar-refractivity contribution in [3.05, 3.63) is 65.7 Å². The molecule has 6 rings (SSSR count). The third-order valence-corrected chi connectivity index (χ3v) is 18.2. The van der Waals surface area contributed by atoms with Gasteiger partial charge in [-0.15, -0.1) is 0 Å². The first-order chi connectivity index (χ1) is 39.8. The number of rotatable bonds is 36. The van der Waals surface area contributed by atoms with Gasteiger partial charge in [0.2, 0.25) is 5.91 Å². The van der Waals surface area contributed by atoms with E-state index in [0.717, 1.165) is 135 Å². The number of imidazole rings is 1. The Morgan fingerprint density at radius 1 is 0.800 bits per heavy atom. The number of aryl methyl sites for hydroxylation is 1. The van der Waals surface area contributed by atoms with Crippen molar-refractivity contribution in [1.82, 2.24) is 29.7 Å². The van der Waals surface area contributed by atoms with Crippen molar-refractivity contribution in [2.24, 2.45) is 23.2 Å². The van der Waals surface area contributed by atoms with Crippen molar-refractivity contribution in [2.75, 3.05) is 84.6 Å². The van der Waals surface area contributed by atoms with Crippen molar-refractivity contribution < 1.29 is 66.7 Å². The number of hydrogen-bond donors (Lipinski definition) is 4. The monoisotopic (exact) mass is 1260 g/mol. The third-order valence-electron chi connectivity index (χ3n) is 18.2. The molecule has 2 aromatic heterocycles. The number of pyridine rings is 1. The Balaban J connectivity index is 0.00000511. The zero-order chi connectivity index (χ0) is 61.8. The van der Waals surface area contributed by atoms with E-state index in [1.54, 1.807) is 6.92 Å². The number of carbonyl (C=O) groups excluding carboxylic acids is 1. The van der Waals surface area contributed by atoms with Crippen LogP contribution in [0.15, 0.2) is 18.2 Å². The molecule has 2 aliphatic heterocycles. The molecular formula is C70H117N7O7Y-2. The summed E-state index contributed by atoms with van der Waals surface area (Å²) in [4.78, 5) is 27.4. The molecule has 2 aromatic carbocycles. The van der Waals surface area contributed by atoms with Gasteiger partial charge < -0.3 is 68.4 Å². The SMILES string of the molecule is [CH2-]C.[CH2-]c1nc2c(N)nc3cc(CCCN4CCN(CCCOC(C)(C)CCOC(C)(C)CNC(=O)CCCOc5c(C)c(C)c6c(c5C)CCC(C)(CCCC(C)CCCC(C)CCCC(C)C)O6)CC4)ccc3c2n1CC(C)(CO)CO.[Y]. The molecule has 3 atom stereocenters. The molecular weight excluding hydrogens is 1140 g/mol. The molecule has 5 N–H and O–H groups in total. The number of aliphatic hydroxyl groups is 2. The van der Waals surface area contributed by atoms with E-state index < -0.39 is 11.0 Å². The number of piperazine rings is 1. The van der Waals surface area contributed by atoms with E-state index in [4.69, 9.17) is 29.7 Å². The van der Waals surface area contributed by atoms with E-state index in [2.05, 4.69) is 121 Å². The van der Waals surface area contributed by atoms with Gasteiger partial charge in [0.1, 0.15) is 22.6 Å². The normalized spacial score (nSPS) is 16.9. The molecule has 4 aromatic rings. The van der Waals surface area contributed by atoms with Crippen LogP contribution in [0.4, 0.5) is 5.82 Å². The van der Waals surface area contributed by atoms with Gasteiger partial charge in [0.25, 0.3) is 0 Å². The van der Waals surface area contributed by atoms with Gasteiger partial charge in [-0.25, -0.2) is 4.98 Å². The summed E-state index contributed by atoms with van der Waals surface area (Å²) >= 11 is 0. The molecule has 1 fully saturated rings. The van der Waals surface area contributed by atoms with Gasteiger partial charge in [-0.05, 0) is 172 Å². The maximum Gasteiger partial charge on any atom is 0.220 e. The fourth-order valence-electron chi connectivity index (χ4n) is 12.2. The Morgan fingerprint density at radius 2 is 1.41 bits per heavy atom. The number of nitrogen functional groups attached to an aromatic ring is 1. The maximum atomic E-state index is 13.0. The van der Waals surface area contributed by atoms with Crippen molar-refractivity contribution >= 4 is 33.7 Å². The van der Waals surface area contributed by atoms with E-state index >= 15 is 0 Å². The fourth-order valence-corrected chi connectivity index (χ4v) is 12.2. The molecule has 1 radical (unpaired) electrons. The molecule has 1 amide bonds. The van der Waals surface area contributed by atoms with Crippen molar-refractivity contribution in [3.8, 4) is 11.5 Å². The number of aliphatic hydroxyl groups excluding tert-OH is 2. The first-order valence-corrected chi connectivity index (χ1v) is 32.6. The van der Waals surface area contributed by atoms with Gasteiger partial charge in [-0.3, -0.25) is 9.78 Å². The predicted octanol–water partition coefficient (Wildman–Crippen LogP) is 13.5. The molecule has 2 aliphatic rings. The van der Waals surface area contributed by atoms with E-state index in [1.165, 1.54) is 73.6 Å². The van der Waals surface area contributed by atoms with E-state index in [0.29, 0.717) is 62.9 Å². The Hall–Kier alpha value is -3.08. The molecule has 4 heterocycles. The summed E-state index contributed by atoms with van der Waals surface area (Å²) in [7, 11) is 0. The molecule has 1 saturated heterocycles. The maximum absolute atomic E-state index is 13.0. The summed E-state index contributed by atoms with van der Waals surface area (Å²) in [5.41, 5.74) is 13.0. The predicted molar refractivity (Wildman–Crippen MR) is 348 cm³/mol. The smallest absolute Gasteiger partial charge is 0.220 e. The van der Waals surface area contributed by atoms with Crippen molar-refractivity contribution in [2.45, 2.75) is 229 Å². The number of fused-ring (bicyclic) bond motifs is 4. The van der Waals surface area contributed by atoms with E-state index in [9.17, 15) is 15.0 Å². The van der Waals surface area contributed by atoms with Crippen LogP contribution < -0.4 is 20.5 Å². The number of hydrogen-bond acceptors (Lipinski definition) is 12. The molecule has 0 aliphatic carbocycles. The molecule has 3 unspecified atom stereocenters. The van der Waals surface area contributed by atoms with Crippen LogP contribution in [0.25, 0.3) is 21.9 Å². The third kappa shape index (κ3) is 23.0. The van der Waals surface area contributed by atoms with Gasteiger partial charge in [0.15, 0.2) is 5.82 Å². The number of aromatic nitrogens is 3. The summed E-state index contributed by atoms with van der Waals surface area (Å²) in [5.74, 6) is 5.34. The molecule has 85 heavy (non-hydrogen) atoms. The standard InChI is InChI=1S/C68H112N7O7.C2H5.Y/c1-48(2)21-15-22-49(3)23-16-24-50(4)25-17-31-68(14)32-30-56-53(7)62(51(5)52(6)63(56)82-68)79-40-19-27-59(78)70-44-66(11,12)81-42-33-65(9,10)80-41-20-35-74-38-36-73(37-39-74)34-18-26-55-28-29-57-58(43-55)72-64(69)60-61(57)75(54(8)71-60)45-67(13,46-76)47-77;1-2;/h28-29,43,48-50,76-77H,8,15-27,30-42,44-47H2,1-7,9-14H3,(H2,69,72)(H,70,78);1H2,2H3;/q2*-1;. The van der Waals surface area contributed by atoms with Gasteiger partial charge >= 0.3 is 0 Å². The molecule has 0 spiro atoms. The Kier molecular flexibility index (Phi) is 30.9. The molecule has 0 bridgehead atoms. The number of nitrogens with zero attached hydrogens (tertiary/aromatic N) is 5. The molecule has 15 heteroatoms. The van der Waals surface area contributed by atoms with Gasteiger partial charge in [-0.1, -0.05) is 91.7 Å². The Bertz CT molecular complexity index is 2640. The number of nitrogens with one attached hydrogen (secondary N) is 1. The minimum atomic E-state index is -0.727. The number of benzene rings is 2. The van der Waals surface area contributed by atoms with Crippen LogP contribution in [0.5, 0.6) is 11.5 Å². The van der Waals surface area contributed by atoms with Crippen LogP contribution in [0.1, 0.15) is 206 Å². The average Bonchev–Trinajstić information content (AvgIpc) is 2.54. The zero-order valence-electron chi connectivity index (χ0n) is 55.9. The summed E-state index contributed by atoms with van der Waals surface area (Å²) in [6.45, 7) is 46.2. The average molecular weight is 1260 g/mol. The number of ether oxygens (including phenoxy) is 4. The van der Waals surface area contributed by atoms with Gasteiger partial charge in [-0.2, -0.15) is 6.92 Å². The minimum absolute atomic E-state index is 0. The largest absolute Gasteiger partial charge is 0.493 e. The second-order valence-electron chi connectivity index (χ2n) is 27.5. The topological polar surface area (TPSA) is 170 Å². The number of nitrogens with two attached hydrogens (primary N) is 1. The fraction of sp³-hybridized carbons (Fsp3) is 0.729. The van der Waals surface area contributed by atoms with Crippen LogP contribution in [-0.4, -0.2) is 136 Å². The number of anilines is 1. The van der Waals surface area contributed by atoms with Crippen LogP contribution in [0.3, 0.4) is 0 Å². The molecule has 14 nitrogen and oxygen atoms in total. The Morgan fingerprint density at radius 3 is 2.05 bits per heavy atom. The summed E-state index contributed by atoms with van der Waals surface area (Å²) in [6, 6.07) is 6.38. The second kappa shape index (κ2) is 35.4. The first kappa shape index (κ1) is 74.4. The summed E-state index contributed by atoms with van der Waals surface area (Å²) in [6.07, 6.45) is 18.5. The van der Waals surface area contributed by atoms with Crippen LogP contribution in [0.2, 0.25) is 0 Å². The van der Waals surface area contributed by atoms with E-state index in [-0.39, 0.29) is 63.0 Å². The summed E-state index contributed by atoms with van der Waals surface area (Å²) in [5, 5.41) is 24.0. The molecule has 0 saturated carbocycles. The Labute approximate surface area is 540 Å². The van der Waals surface area contributed by atoms with Crippen LogP contribution >= 0.6 is 0 Å². The minimum Gasteiger partial charge on any atom is -0.493 e. The van der Waals surface area contributed by atoms with E-state index in [1.807, 2.05) is 25.3 Å². The quantitative estimate of drug-likeness (QED) is 0.0251. The zero-order valence-corrected chi connectivity index (χ0v) is 58.8. The van der Waals surface area contributed by atoms with Crippen molar-refractivity contribution in [1.29, 1.82) is 0 Å². The number of amides is 1. The van der Waals surface area contributed by atoms with Crippen LogP contribution in [-0.2, 0) is 66.4 Å². The summed E-state index contributed by atoms with van der Waals surface area (Å²) < 4.78 is 28.0. The van der Waals surface area contributed by atoms with Crippen LogP contribution in [0, 0.1) is 57.8 Å². The van der Waals surface area contributed by atoms with Gasteiger partial charge in [0.05, 0.1) is 48.7 Å². The first-order valence-electron chi connectivity index (χ1n) is 32.6. The number of carbonyl (C=O) groups is 1. The van der Waals surface area contributed by atoms with Crippen molar-refractivity contribution in [3.63, 3.8) is 0 Å². The second-order valence-corrected chi connectivity index (χ2v) is 27.5.